The van der Waals surface area contributed by atoms with E-state index in [9.17, 15) is 4.79 Å². The van der Waals surface area contributed by atoms with Crippen molar-refractivity contribution in [2.24, 2.45) is 0 Å². The summed E-state index contributed by atoms with van der Waals surface area (Å²) in [5, 5.41) is 0.976. The van der Waals surface area contributed by atoms with Crippen LogP contribution < -0.4 is 4.74 Å². The first-order valence-electron chi connectivity index (χ1n) is 8.35. The molecule has 130 valence electrons. The van der Waals surface area contributed by atoms with Crippen molar-refractivity contribution in [2.45, 2.75) is 19.9 Å². The third kappa shape index (κ3) is 3.05. The minimum Gasteiger partial charge on any atom is -0.497 e. The Balaban J connectivity index is 2.15. The lowest BCUT2D eigenvalue weighted by atomic mass is 10.0. The van der Waals surface area contributed by atoms with Gasteiger partial charge in [-0.05, 0) is 44.2 Å². The van der Waals surface area contributed by atoms with Crippen molar-refractivity contribution >= 4 is 16.7 Å². The highest BCUT2D eigenvalue weighted by atomic mass is 16.5. The molecule has 2 aromatic carbocycles. The Morgan fingerprint density at radius 2 is 1.76 bits per heavy atom. The van der Waals surface area contributed by atoms with Gasteiger partial charge >= 0.3 is 0 Å². The van der Waals surface area contributed by atoms with Crippen molar-refractivity contribution in [2.75, 3.05) is 20.8 Å². The van der Waals surface area contributed by atoms with E-state index in [2.05, 4.69) is 17.6 Å². The van der Waals surface area contributed by atoms with Gasteiger partial charge in [0.25, 0.3) is 0 Å². The van der Waals surface area contributed by atoms with Gasteiger partial charge in [0, 0.05) is 29.3 Å². The van der Waals surface area contributed by atoms with Crippen molar-refractivity contribution in [3.63, 3.8) is 0 Å². The van der Waals surface area contributed by atoms with E-state index in [1.165, 1.54) is 0 Å². The summed E-state index contributed by atoms with van der Waals surface area (Å²) in [6, 6.07) is 15.4. The Bertz CT molecular complexity index is 893. The molecule has 0 aliphatic carbocycles. The molecule has 0 spiro atoms. The molecule has 4 heteroatoms. The molecule has 0 aliphatic heterocycles. The zero-order valence-corrected chi connectivity index (χ0v) is 15.1. The van der Waals surface area contributed by atoms with Crippen LogP contribution in [0.15, 0.2) is 48.5 Å². The summed E-state index contributed by atoms with van der Waals surface area (Å²) in [6.45, 7) is 4.70. The van der Waals surface area contributed by atoms with Crippen LogP contribution in [0.3, 0.4) is 0 Å². The van der Waals surface area contributed by atoms with Crippen LogP contribution in [-0.4, -0.2) is 31.2 Å². The van der Waals surface area contributed by atoms with Gasteiger partial charge in [0.2, 0.25) is 0 Å². The largest absolute Gasteiger partial charge is 0.497 e. The molecular formula is C21H23NO3. The van der Waals surface area contributed by atoms with Crippen molar-refractivity contribution in [1.29, 1.82) is 0 Å². The SMILES string of the molecule is COCC(C)n1c(C)c(C(=O)c2ccc(OC)cc2)c2ccccc21. The molecule has 1 aromatic heterocycles. The van der Waals surface area contributed by atoms with E-state index in [-0.39, 0.29) is 11.8 Å². The van der Waals surface area contributed by atoms with Gasteiger partial charge < -0.3 is 14.0 Å². The highest BCUT2D eigenvalue weighted by Crippen LogP contribution is 2.31. The molecule has 0 amide bonds. The summed E-state index contributed by atoms with van der Waals surface area (Å²) in [4.78, 5) is 13.2. The molecule has 4 nitrogen and oxygen atoms in total. The number of benzene rings is 2. The topological polar surface area (TPSA) is 40.5 Å². The molecule has 1 atom stereocenters. The zero-order chi connectivity index (χ0) is 18.0. The summed E-state index contributed by atoms with van der Waals surface area (Å²) in [5.74, 6) is 0.768. The standard InChI is InChI=1S/C21H23NO3/c1-14(13-24-3)22-15(2)20(18-7-5-6-8-19(18)22)21(23)16-9-11-17(25-4)12-10-16/h5-12,14H,13H2,1-4H3. The molecule has 1 heterocycles. The van der Waals surface area contributed by atoms with Crippen LogP contribution in [0.2, 0.25) is 0 Å². The van der Waals surface area contributed by atoms with Gasteiger partial charge in [0.05, 0.1) is 25.3 Å². The van der Waals surface area contributed by atoms with Crippen molar-refractivity contribution < 1.29 is 14.3 Å². The molecule has 0 N–H and O–H groups in total. The number of carbonyl (C=O) groups excluding carboxylic acids is 1. The average Bonchev–Trinajstić information content (AvgIpc) is 2.93. The summed E-state index contributed by atoms with van der Waals surface area (Å²) in [7, 11) is 3.31. The van der Waals surface area contributed by atoms with Crippen molar-refractivity contribution in [3.8, 4) is 5.75 Å². The molecule has 0 bridgehead atoms. The Morgan fingerprint density at radius 3 is 2.40 bits per heavy atom. The van der Waals surface area contributed by atoms with Gasteiger partial charge in [-0.3, -0.25) is 4.79 Å². The van der Waals surface area contributed by atoms with E-state index in [0.29, 0.717) is 12.2 Å². The van der Waals surface area contributed by atoms with Crippen LogP contribution in [0.5, 0.6) is 5.75 Å². The van der Waals surface area contributed by atoms with Crippen LogP contribution in [0.4, 0.5) is 0 Å². The summed E-state index contributed by atoms with van der Waals surface area (Å²) < 4.78 is 12.7. The number of ether oxygens (including phenoxy) is 2. The van der Waals surface area contributed by atoms with E-state index in [0.717, 1.165) is 27.9 Å². The number of hydrogen-bond donors (Lipinski definition) is 0. The number of hydrogen-bond acceptors (Lipinski definition) is 3. The van der Waals surface area contributed by atoms with Crippen LogP contribution in [0.1, 0.15) is 34.6 Å². The average molecular weight is 337 g/mol. The predicted molar refractivity (Wildman–Crippen MR) is 99.7 cm³/mol. The summed E-state index contributed by atoms with van der Waals surface area (Å²) in [5.41, 5.74) is 3.43. The van der Waals surface area contributed by atoms with Crippen LogP contribution in [0.25, 0.3) is 10.9 Å². The highest BCUT2D eigenvalue weighted by molar-refractivity contribution is 6.17. The van der Waals surface area contributed by atoms with Gasteiger partial charge in [-0.15, -0.1) is 0 Å². The first kappa shape index (κ1) is 17.2. The first-order chi connectivity index (χ1) is 12.1. The minimum atomic E-state index is 0.0275. The normalized spacial score (nSPS) is 12.3. The Hall–Kier alpha value is -2.59. The molecule has 0 saturated carbocycles. The fourth-order valence-corrected chi connectivity index (χ4v) is 3.45. The Labute approximate surface area is 148 Å². The number of fused-ring (bicyclic) bond motifs is 1. The van der Waals surface area contributed by atoms with E-state index >= 15 is 0 Å². The Kier molecular flexibility index (Phi) is 4.91. The van der Waals surface area contributed by atoms with Gasteiger partial charge in [-0.2, -0.15) is 0 Å². The van der Waals surface area contributed by atoms with Crippen LogP contribution in [0, 0.1) is 6.92 Å². The fourth-order valence-electron chi connectivity index (χ4n) is 3.45. The zero-order valence-electron chi connectivity index (χ0n) is 15.1. The van der Waals surface area contributed by atoms with Crippen LogP contribution in [-0.2, 0) is 4.74 Å². The molecule has 0 fully saturated rings. The number of carbonyl (C=O) groups is 1. The lowest BCUT2D eigenvalue weighted by Crippen LogP contribution is -2.13. The number of aromatic nitrogens is 1. The lowest BCUT2D eigenvalue weighted by molar-refractivity contribution is 0.103. The van der Waals surface area contributed by atoms with Gasteiger partial charge in [-0.1, -0.05) is 18.2 Å². The van der Waals surface area contributed by atoms with E-state index < -0.39 is 0 Å². The van der Waals surface area contributed by atoms with Crippen LogP contribution >= 0.6 is 0 Å². The molecule has 1 unspecified atom stereocenters. The number of ketones is 1. The molecule has 0 saturated heterocycles. The molecule has 0 aliphatic rings. The van der Waals surface area contributed by atoms with Gasteiger partial charge in [0.15, 0.2) is 5.78 Å². The smallest absolute Gasteiger partial charge is 0.195 e. The minimum absolute atomic E-state index is 0.0275. The number of para-hydroxylation sites is 1. The van der Waals surface area contributed by atoms with Crippen molar-refractivity contribution in [3.05, 3.63) is 65.4 Å². The summed E-state index contributed by atoms with van der Waals surface area (Å²) in [6.07, 6.45) is 0. The van der Waals surface area contributed by atoms with Gasteiger partial charge in [0.1, 0.15) is 5.75 Å². The van der Waals surface area contributed by atoms with Gasteiger partial charge in [-0.25, -0.2) is 0 Å². The second kappa shape index (κ2) is 7.11. The third-order valence-corrected chi connectivity index (χ3v) is 4.58. The monoisotopic (exact) mass is 337 g/mol. The highest BCUT2D eigenvalue weighted by Gasteiger charge is 2.23. The molecule has 0 radical (unpaired) electrons. The van der Waals surface area contributed by atoms with E-state index in [1.54, 1.807) is 14.2 Å². The maximum absolute atomic E-state index is 13.2. The maximum Gasteiger partial charge on any atom is 0.195 e. The lowest BCUT2D eigenvalue weighted by Gasteiger charge is -2.16. The maximum atomic E-state index is 13.2. The quantitative estimate of drug-likeness (QED) is 0.626. The second-order valence-corrected chi connectivity index (χ2v) is 6.21. The second-order valence-electron chi connectivity index (χ2n) is 6.21. The predicted octanol–water partition coefficient (Wildman–Crippen LogP) is 4.40. The van der Waals surface area contributed by atoms with E-state index in [1.807, 2.05) is 49.4 Å². The molecule has 3 aromatic rings. The molecular weight excluding hydrogens is 314 g/mol. The first-order valence-corrected chi connectivity index (χ1v) is 8.35. The summed E-state index contributed by atoms with van der Waals surface area (Å²) >= 11 is 0. The third-order valence-electron chi connectivity index (χ3n) is 4.58. The fraction of sp³-hybridized carbons (Fsp3) is 0.286. The van der Waals surface area contributed by atoms with Crippen molar-refractivity contribution in [1.82, 2.24) is 4.57 Å². The molecule has 3 rings (SSSR count). The molecule has 25 heavy (non-hydrogen) atoms. The number of nitrogens with zero attached hydrogens (tertiary/aromatic N) is 1. The van der Waals surface area contributed by atoms with E-state index in [4.69, 9.17) is 9.47 Å². The Morgan fingerprint density at radius 1 is 1.08 bits per heavy atom. The number of methoxy groups -OCH3 is 2. The number of rotatable bonds is 6.